The van der Waals surface area contributed by atoms with E-state index in [0.717, 1.165) is 80.5 Å². The minimum Gasteiger partial charge on any atom is -0.444 e. The molecule has 6 N–H and O–H groups in total. The van der Waals surface area contributed by atoms with E-state index in [-0.39, 0.29) is 23.3 Å². The summed E-state index contributed by atoms with van der Waals surface area (Å²) in [6, 6.07) is 4.07. The van der Waals surface area contributed by atoms with Crippen LogP contribution >= 0.6 is 11.3 Å². The van der Waals surface area contributed by atoms with E-state index in [2.05, 4.69) is 32.8 Å². The molecule has 4 aliphatic rings. The number of thiophene rings is 1. The number of amides is 2. The smallest absolute Gasteiger partial charge is 0.410 e. The molecule has 0 aromatic carbocycles. The molecular formula is C32H47N9O3S. The Morgan fingerprint density at radius 2 is 1.73 bits per heavy atom. The second kappa shape index (κ2) is 11.3. The van der Waals surface area contributed by atoms with Crippen LogP contribution in [0.5, 0.6) is 0 Å². The molecule has 1 atom stereocenters. The van der Waals surface area contributed by atoms with Gasteiger partial charge in [0.25, 0.3) is 5.91 Å². The number of aliphatic imine (C=N–C) groups is 1. The van der Waals surface area contributed by atoms with Crippen molar-refractivity contribution < 1.29 is 14.3 Å². The molecule has 0 radical (unpaired) electrons. The first-order valence-electron chi connectivity index (χ1n) is 15.9. The Morgan fingerprint density at radius 1 is 1.02 bits per heavy atom. The minimum atomic E-state index is -0.889. The first-order valence-corrected chi connectivity index (χ1v) is 16.7. The zero-order valence-electron chi connectivity index (χ0n) is 27.2. The molecule has 0 saturated carbocycles. The highest BCUT2D eigenvalue weighted by molar-refractivity contribution is 7.16. The number of hydrogen-bond donors (Lipinski definition) is 3. The molecule has 244 valence electrons. The van der Waals surface area contributed by atoms with Gasteiger partial charge in [0.05, 0.1) is 11.1 Å². The predicted octanol–water partition coefficient (Wildman–Crippen LogP) is 3.03. The number of piperazine rings is 1. The van der Waals surface area contributed by atoms with Gasteiger partial charge < -0.3 is 41.5 Å². The molecular weight excluding hydrogens is 590 g/mol. The molecule has 3 saturated heterocycles. The van der Waals surface area contributed by atoms with Crippen LogP contribution in [0.25, 0.3) is 0 Å². The number of nitrogens with zero attached hydrogens (tertiary/aromatic N) is 6. The number of nitrogens with two attached hydrogens (primary N) is 3. The number of amidine groups is 1. The summed E-state index contributed by atoms with van der Waals surface area (Å²) in [6.45, 7) is 14.1. The lowest BCUT2D eigenvalue weighted by Gasteiger charge is -2.47. The van der Waals surface area contributed by atoms with Crippen LogP contribution in [0.2, 0.25) is 0 Å². The number of anilines is 4. The van der Waals surface area contributed by atoms with Crippen LogP contribution < -0.4 is 27.0 Å². The van der Waals surface area contributed by atoms with Gasteiger partial charge in [-0.25, -0.2) is 9.78 Å². The van der Waals surface area contributed by atoms with Crippen LogP contribution in [0.15, 0.2) is 17.1 Å². The molecule has 2 amide bonds. The van der Waals surface area contributed by atoms with E-state index < -0.39 is 11.0 Å². The van der Waals surface area contributed by atoms with Crippen molar-refractivity contribution in [2.45, 2.75) is 64.4 Å². The first kappa shape index (κ1) is 31.4. The molecule has 0 bridgehead atoms. The molecule has 13 heteroatoms. The van der Waals surface area contributed by atoms with E-state index in [1.165, 1.54) is 11.3 Å². The third-order valence-electron chi connectivity index (χ3n) is 9.77. The largest absolute Gasteiger partial charge is 0.444 e. The maximum absolute atomic E-state index is 13.8. The highest BCUT2D eigenvalue weighted by Crippen LogP contribution is 2.48. The van der Waals surface area contributed by atoms with Crippen LogP contribution in [-0.2, 0) is 21.4 Å². The van der Waals surface area contributed by atoms with Crippen molar-refractivity contribution in [1.29, 1.82) is 0 Å². The number of fused-ring (bicyclic) bond motifs is 1. The molecule has 3 aliphatic heterocycles. The highest BCUT2D eigenvalue weighted by atomic mass is 32.1. The average Bonchev–Trinajstić information content (AvgIpc) is 3.53. The van der Waals surface area contributed by atoms with E-state index in [0.29, 0.717) is 35.9 Å². The molecule has 2 aromatic rings. The molecule has 1 spiro atoms. The normalized spacial score (nSPS) is 23.7. The molecule has 12 nitrogen and oxygen atoms in total. The molecule has 3 fully saturated rings. The van der Waals surface area contributed by atoms with Crippen LogP contribution in [-0.4, -0.2) is 97.6 Å². The zero-order chi connectivity index (χ0) is 32.3. The Balaban J connectivity index is 1.26. The number of pyridine rings is 1. The Kier molecular flexibility index (Phi) is 7.91. The fourth-order valence-corrected chi connectivity index (χ4v) is 8.33. The second-order valence-corrected chi connectivity index (χ2v) is 15.7. The Morgan fingerprint density at radius 3 is 2.42 bits per heavy atom. The fraction of sp³-hybridized carbons (Fsp3) is 0.625. The number of ether oxygens (including phenoxy) is 1. The Labute approximate surface area is 269 Å². The van der Waals surface area contributed by atoms with E-state index >= 15 is 0 Å². The summed E-state index contributed by atoms with van der Waals surface area (Å²) in [5, 5.41) is 0.549. The van der Waals surface area contributed by atoms with E-state index in [1.807, 2.05) is 33.8 Å². The lowest BCUT2D eigenvalue weighted by molar-refractivity contribution is -0.123. The van der Waals surface area contributed by atoms with Gasteiger partial charge in [-0.15, -0.1) is 11.3 Å². The Hall–Kier alpha value is -3.58. The van der Waals surface area contributed by atoms with Gasteiger partial charge in [-0.2, -0.15) is 4.99 Å². The molecule has 6 rings (SSSR count). The number of likely N-dealkylation sites (N-methyl/N-ethyl adjacent to an activating group) is 1. The van der Waals surface area contributed by atoms with Gasteiger partial charge >= 0.3 is 6.09 Å². The second-order valence-electron chi connectivity index (χ2n) is 14.5. The van der Waals surface area contributed by atoms with Crippen LogP contribution in [0.3, 0.4) is 0 Å². The number of carbonyl (C=O) groups excluding carboxylic acids is 2. The predicted molar refractivity (Wildman–Crippen MR) is 180 cm³/mol. The van der Waals surface area contributed by atoms with Gasteiger partial charge in [0.15, 0.2) is 5.84 Å². The monoisotopic (exact) mass is 637 g/mol. The molecule has 5 heterocycles. The van der Waals surface area contributed by atoms with Gasteiger partial charge in [0.2, 0.25) is 0 Å². The summed E-state index contributed by atoms with van der Waals surface area (Å²) >= 11 is 1.46. The van der Waals surface area contributed by atoms with E-state index in [1.54, 1.807) is 4.90 Å². The number of rotatable bonds is 4. The average molecular weight is 638 g/mol. The first-order chi connectivity index (χ1) is 21.2. The third-order valence-corrected chi connectivity index (χ3v) is 10.9. The van der Waals surface area contributed by atoms with E-state index in [4.69, 9.17) is 26.9 Å². The lowest BCUT2D eigenvalue weighted by Crippen LogP contribution is -2.60. The van der Waals surface area contributed by atoms with Crippen LogP contribution in [0.4, 0.5) is 27.0 Å². The lowest BCUT2D eigenvalue weighted by atomic mass is 9.73. The van der Waals surface area contributed by atoms with Crippen molar-refractivity contribution in [2.75, 3.05) is 80.7 Å². The summed E-state index contributed by atoms with van der Waals surface area (Å²) in [4.78, 5) is 45.6. The number of carbonyl (C=O) groups is 2. The molecule has 1 unspecified atom stereocenters. The van der Waals surface area contributed by atoms with Crippen molar-refractivity contribution in [2.24, 2.45) is 16.1 Å². The summed E-state index contributed by atoms with van der Waals surface area (Å²) in [6.07, 6.45) is 3.06. The minimum absolute atomic E-state index is 0.0273. The standard InChI is InChI=1S/C32H47N9O3S/c1-30(2,3)44-29(43)41-18-32(19-41)9-10-40(17-32)20-15-21(36-23(16-20)39-13-11-38(5)12-14-39)26(34)37-28(42)31(4)8-6-7-22-24(31)25(33)27(35)45-22/h15-16H,6-14,17-19,33,35H2,1-5H3,(H2,34,37,42). The summed E-state index contributed by atoms with van der Waals surface area (Å²) in [7, 11) is 2.12. The van der Waals surface area contributed by atoms with Crippen molar-refractivity contribution in [1.82, 2.24) is 14.8 Å². The zero-order valence-corrected chi connectivity index (χ0v) is 28.0. The molecule has 1 aliphatic carbocycles. The number of nitrogen functional groups attached to an aromatic ring is 2. The van der Waals surface area contributed by atoms with Crippen LogP contribution in [0, 0.1) is 5.41 Å². The molecule has 45 heavy (non-hydrogen) atoms. The number of aryl methyl sites for hydroxylation is 1. The van der Waals surface area contributed by atoms with Crippen molar-refractivity contribution >= 4 is 51.4 Å². The highest BCUT2D eigenvalue weighted by Gasteiger charge is 2.50. The van der Waals surface area contributed by atoms with Crippen molar-refractivity contribution in [3.05, 3.63) is 28.3 Å². The van der Waals surface area contributed by atoms with Gasteiger partial charge in [0.1, 0.15) is 22.1 Å². The Bertz CT molecular complexity index is 1520. The SMILES string of the molecule is CN1CCN(c2cc(N3CCC4(CN(C(=O)OC(C)(C)C)C4)C3)cc(C(N)=NC(=O)C3(C)CCCc4sc(N)c(N)c43)n2)CC1. The van der Waals surface area contributed by atoms with Gasteiger partial charge in [-0.05, 0) is 66.5 Å². The molecule has 2 aromatic heterocycles. The summed E-state index contributed by atoms with van der Waals surface area (Å²) in [5.74, 6) is 0.601. The number of hydrogen-bond acceptors (Lipinski definition) is 10. The van der Waals surface area contributed by atoms with Crippen molar-refractivity contribution in [3.63, 3.8) is 0 Å². The summed E-state index contributed by atoms with van der Waals surface area (Å²) < 4.78 is 5.59. The van der Waals surface area contributed by atoms with Crippen LogP contribution in [0.1, 0.15) is 63.1 Å². The fourth-order valence-electron chi connectivity index (χ4n) is 7.17. The van der Waals surface area contributed by atoms with Crippen molar-refractivity contribution in [3.8, 4) is 0 Å². The third kappa shape index (κ3) is 6.04. The number of aromatic nitrogens is 1. The quantitative estimate of drug-likeness (QED) is 0.336. The maximum atomic E-state index is 13.8. The topological polar surface area (TPSA) is 160 Å². The van der Waals surface area contributed by atoms with Gasteiger partial charge in [-0.1, -0.05) is 0 Å². The summed E-state index contributed by atoms with van der Waals surface area (Å²) in [5.41, 5.74) is 20.5. The van der Waals surface area contributed by atoms with Gasteiger partial charge in [-0.3, -0.25) is 4.79 Å². The van der Waals surface area contributed by atoms with E-state index in [9.17, 15) is 9.59 Å². The number of likely N-dealkylation sites (tertiary alicyclic amines) is 1. The van der Waals surface area contributed by atoms with Gasteiger partial charge in [0, 0.05) is 80.0 Å². The maximum Gasteiger partial charge on any atom is 0.410 e.